The summed E-state index contributed by atoms with van der Waals surface area (Å²) in [6.45, 7) is 0. The van der Waals surface area contributed by atoms with Crippen LogP contribution in [0.1, 0.15) is 5.69 Å². The molecule has 4 amide bonds. The Morgan fingerprint density at radius 3 is 2.50 bits per heavy atom. The Labute approximate surface area is 138 Å². The third-order valence-corrected chi connectivity index (χ3v) is 3.70. The number of hydrogen-bond acceptors (Lipinski definition) is 4. The molecular weight excluding hydrogens is 310 g/mol. The molecule has 0 atom stereocenters. The van der Waals surface area contributed by atoms with Crippen LogP contribution in [0.3, 0.4) is 0 Å². The molecule has 1 aromatic carbocycles. The van der Waals surface area contributed by atoms with E-state index in [9.17, 15) is 14.4 Å². The first-order valence-electron chi connectivity index (χ1n) is 7.18. The number of para-hydroxylation sites is 2. The highest BCUT2D eigenvalue weighted by molar-refractivity contribution is 6.39. The molecule has 0 unspecified atom stereocenters. The van der Waals surface area contributed by atoms with Crippen molar-refractivity contribution in [3.05, 3.63) is 53.9 Å². The third-order valence-electron chi connectivity index (χ3n) is 3.70. The van der Waals surface area contributed by atoms with Crippen LogP contribution in [0.5, 0.6) is 5.75 Å². The summed E-state index contributed by atoms with van der Waals surface area (Å²) in [5, 5.41) is 2.19. The van der Waals surface area contributed by atoms with Crippen LogP contribution >= 0.6 is 0 Å². The fourth-order valence-electron chi connectivity index (χ4n) is 2.46. The van der Waals surface area contributed by atoms with Crippen LogP contribution in [0.15, 0.2) is 48.2 Å². The molecule has 1 saturated heterocycles. The lowest BCUT2D eigenvalue weighted by molar-refractivity contribution is -0.122. The van der Waals surface area contributed by atoms with Crippen molar-refractivity contribution in [1.29, 1.82) is 0 Å². The van der Waals surface area contributed by atoms with Crippen LogP contribution in [0, 0.1) is 0 Å². The minimum atomic E-state index is -0.807. The molecule has 3 rings (SSSR count). The van der Waals surface area contributed by atoms with Crippen molar-refractivity contribution < 1.29 is 19.1 Å². The highest BCUT2D eigenvalue weighted by atomic mass is 16.5. The first-order chi connectivity index (χ1) is 11.5. The van der Waals surface area contributed by atoms with Crippen molar-refractivity contribution in [1.82, 2.24) is 9.88 Å². The van der Waals surface area contributed by atoms with E-state index in [2.05, 4.69) is 5.32 Å². The van der Waals surface area contributed by atoms with Crippen LogP contribution in [0.2, 0.25) is 0 Å². The summed E-state index contributed by atoms with van der Waals surface area (Å²) < 4.78 is 6.96. The van der Waals surface area contributed by atoms with Gasteiger partial charge in [0, 0.05) is 18.9 Å². The molecule has 1 aliphatic rings. The van der Waals surface area contributed by atoms with Crippen LogP contribution in [-0.4, -0.2) is 29.5 Å². The molecule has 0 aliphatic carbocycles. The third kappa shape index (κ3) is 2.56. The summed E-state index contributed by atoms with van der Waals surface area (Å²) >= 11 is 0. The van der Waals surface area contributed by atoms with Crippen molar-refractivity contribution in [2.45, 2.75) is 0 Å². The molecule has 7 heteroatoms. The number of hydrogen-bond donors (Lipinski definition) is 1. The maximum absolute atomic E-state index is 12.8. The smallest absolute Gasteiger partial charge is 0.336 e. The van der Waals surface area contributed by atoms with Crippen molar-refractivity contribution >= 4 is 29.6 Å². The number of carbonyl (C=O) groups excluding carboxylic acids is 3. The number of methoxy groups -OCH3 is 1. The first kappa shape index (κ1) is 15.5. The fourth-order valence-corrected chi connectivity index (χ4v) is 2.46. The van der Waals surface area contributed by atoms with Crippen LogP contribution < -0.4 is 15.0 Å². The number of urea groups is 1. The predicted molar refractivity (Wildman–Crippen MR) is 87.4 cm³/mol. The monoisotopic (exact) mass is 325 g/mol. The minimum absolute atomic E-state index is 0.123. The van der Waals surface area contributed by atoms with E-state index < -0.39 is 17.8 Å². The Morgan fingerprint density at radius 1 is 1.08 bits per heavy atom. The van der Waals surface area contributed by atoms with Gasteiger partial charge in [0.05, 0.1) is 12.8 Å². The SMILES string of the molecule is COc1ccccc1N1C(=O)NC(=O)/C(=C/c2cccn2C)C1=O. The summed E-state index contributed by atoms with van der Waals surface area (Å²) in [6, 6.07) is 9.35. The zero-order valence-corrected chi connectivity index (χ0v) is 13.1. The molecule has 1 N–H and O–H groups in total. The normalized spacial score (nSPS) is 16.5. The number of imide groups is 2. The van der Waals surface area contributed by atoms with Crippen molar-refractivity contribution in [2.75, 3.05) is 12.0 Å². The molecule has 0 saturated carbocycles. The minimum Gasteiger partial charge on any atom is -0.495 e. The second kappa shape index (κ2) is 6.04. The summed E-state index contributed by atoms with van der Waals surface area (Å²) in [7, 11) is 3.23. The number of benzene rings is 1. The molecule has 2 heterocycles. The summed E-state index contributed by atoms with van der Waals surface area (Å²) in [5.41, 5.74) is 0.818. The molecule has 122 valence electrons. The number of nitrogens with one attached hydrogen (secondary N) is 1. The maximum atomic E-state index is 12.8. The van der Waals surface area contributed by atoms with E-state index in [4.69, 9.17) is 4.74 Å². The lowest BCUT2D eigenvalue weighted by atomic mass is 10.1. The van der Waals surface area contributed by atoms with Gasteiger partial charge in [0.15, 0.2) is 0 Å². The van der Waals surface area contributed by atoms with Crippen molar-refractivity contribution in [2.24, 2.45) is 7.05 Å². The number of ether oxygens (including phenoxy) is 1. The van der Waals surface area contributed by atoms with Gasteiger partial charge in [-0.25, -0.2) is 9.69 Å². The van der Waals surface area contributed by atoms with Crippen LogP contribution in [0.25, 0.3) is 6.08 Å². The number of amides is 4. The van der Waals surface area contributed by atoms with E-state index in [0.717, 1.165) is 4.90 Å². The number of aromatic nitrogens is 1. The molecule has 1 fully saturated rings. The summed E-state index contributed by atoms with van der Waals surface area (Å²) in [6.07, 6.45) is 3.24. The average molecular weight is 325 g/mol. The summed E-state index contributed by atoms with van der Waals surface area (Å²) in [5.74, 6) is -1.07. The van der Waals surface area contributed by atoms with Crippen LogP contribution in [0.4, 0.5) is 10.5 Å². The first-order valence-corrected chi connectivity index (χ1v) is 7.18. The Hall–Kier alpha value is -3.35. The van der Waals surface area contributed by atoms with Gasteiger partial charge >= 0.3 is 6.03 Å². The molecule has 24 heavy (non-hydrogen) atoms. The lowest BCUT2D eigenvalue weighted by Gasteiger charge is -2.27. The summed E-state index contributed by atoms with van der Waals surface area (Å²) in [4.78, 5) is 37.9. The van der Waals surface area contributed by atoms with Gasteiger partial charge in [-0.15, -0.1) is 0 Å². The van der Waals surface area contributed by atoms with E-state index in [1.54, 1.807) is 54.2 Å². The van der Waals surface area contributed by atoms with Gasteiger partial charge in [0.1, 0.15) is 11.3 Å². The Kier molecular flexibility index (Phi) is 3.91. The molecule has 0 bridgehead atoms. The molecule has 7 nitrogen and oxygen atoms in total. The zero-order valence-electron chi connectivity index (χ0n) is 13.1. The van der Waals surface area contributed by atoms with Crippen molar-refractivity contribution in [3.8, 4) is 5.75 Å². The number of carbonyl (C=O) groups is 3. The average Bonchev–Trinajstić information content (AvgIpc) is 2.96. The lowest BCUT2D eigenvalue weighted by Crippen LogP contribution is -2.54. The standard InChI is InChI=1S/C17H15N3O4/c1-19-9-5-6-11(19)10-12-15(21)18-17(23)20(16(12)22)13-7-3-4-8-14(13)24-2/h3-10H,1-2H3,(H,18,21,23)/b12-10-. The molecule has 1 aliphatic heterocycles. The number of barbiturate groups is 1. The second-order valence-electron chi connectivity index (χ2n) is 5.17. The van der Waals surface area contributed by atoms with E-state index in [-0.39, 0.29) is 11.3 Å². The van der Waals surface area contributed by atoms with E-state index >= 15 is 0 Å². The van der Waals surface area contributed by atoms with Gasteiger partial charge < -0.3 is 9.30 Å². The Balaban J connectivity index is 2.07. The van der Waals surface area contributed by atoms with E-state index in [0.29, 0.717) is 11.4 Å². The topological polar surface area (TPSA) is 80.6 Å². The van der Waals surface area contributed by atoms with Gasteiger partial charge in [0.2, 0.25) is 0 Å². The second-order valence-corrected chi connectivity index (χ2v) is 5.17. The fraction of sp³-hybridized carbons (Fsp3) is 0.118. The van der Waals surface area contributed by atoms with Gasteiger partial charge in [0.25, 0.3) is 11.8 Å². The molecule has 1 aromatic heterocycles. The zero-order chi connectivity index (χ0) is 17.3. The van der Waals surface area contributed by atoms with E-state index in [1.165, 1.54) is 13.2 Å². The molecule has 0 radical (unpaired) electrons. The molecule has 2 aromatic rings. The number of rotatable bonds is 3. The van der Waals surface area contributed by atoms with Gasteiger partial charge in [-0.05, 0) is 30.3 Å². The highest BCUT2D eigenvalue weighted by Crippen LogP contribution is 2.30. The van der Waals surface area contributed by atoms with Gasteiger partial charge in [-0.3, -0.25) is 14.9 Å². The number of nitrogens with zero attached hydrogens (tertiary/aromatic N) is 2. The predicted octanol–water partition coefficient (Wildman–Crippen LogP) is 1.70. The van der Waals surface area contributed by atoms with E-state index in [1.807, 2.05) is 0 Å². The number of anilines is 1. The highest BCUT2D eigenvalue weighted by Gasteiger charge is 2.38. The van der Waals surface area contributed by atoms with Gasteiger partial charge in [-0.2, -0.15) is 0 Å². The van der Waals surface area contributed by atoms with Gasteiger partial charge in [-0.1, -0.05) is 12.1 Å². The largest absolute Gasteiger partial charge is 0.495 e. The molecular formula is C17H15N3O4. The Bertz CT molecular complexity index is 866. The van der Waals surface area contributed by atoms with Crippen LogP contribution in [-0.2, 0) is 16.6 Å². The van der Waals surface area contributed by atoms with Crippen molar-refractivity contribution in [3.63, 3.8) is 0 Å². The quantitative estimate of drug-likeness (QED) is 0.688. The number of aryl methyl sites for hydroxylation is 1. The molecule has 0 spiro atoms. The maximum Gasteiger partial charge on any atom is 0.336 e. The Morgan fingerprint density at radius 2 is 1.83 bits per heavy atom.